The summed E-state index contributed by atoms with van der Waals surface area (Å²) < 4.78 is 13.6. The molecule has 2 saturated heterocycles. The molecule has 6 rings (SSSR count). The summed E-state index contributed by atoms with van der Waals surface area (Å²) in [5, 5.41) is 1.05. The number of nitrogens with two attached hydrogens (primary N) is 1. The second kappa shape index (κ2) is 11.7. The van der Waals surface area contributed by atoms with E-state index in [1.54, 1.807) is 24.1 Å². The van der Waals surface area contributed by atoms with E-state index >= 15 is 0 Å². The summed E-state index contributed by atoms with van der Waals surface area (Å²) >= 11 is 1.48. The van der Waals surface area contributed by atoms with Crippen molar-refractivity contribution in [2.45, 2.75) is 38.0 Å². The lowest BCUT2D eigenvalue weighted by molar-refractivity contribution is -0.169. The van der Waals surface area contributed by atoms with Crippen molar-refractivity contribution in [3.8, 4) is 0 Å². The summed E-state index contributed by atoms with van der Waals surface area (Å²) in [6.07, 6.45) is 1.79. The van der Waals surface area contributed by atoms with Crippen molar-refractivity contribution in [3.05, 3.63) is 76.9 Å². The van der Waals surface area contributed by atoms with Crippen LogP contribution in [-0.4, -0.2) is 66.3 Å². The molecule has 0 aliphatic carbocycles. The second-order valence-corrected chi connectivity index (χ2v) is 11.7. The molecule has 2 fully saturated rings. The third-order valence-electron chi connectivity index (χ3n) is 7.94. The molecule has 42 heavy (non-hydrogen) atoms. The molecule has 10 nitrogen and oxygen atoms in total. The van der Waals surface area contributed by atoms with Crippen LogP contribution in [0.3, 0.4) is 0 Å². The quantitative estimate of drug-likeness (QED) is 0.294. The first-order valence-corrected chi connectivity index (χ1v) is 14.9. The van der Waals surface area contributed by atoms with Gasteiger partial charge < -0.3 is 29.6 Å². The van der Waals surface area contributed by atoms with Crippen molar-refractivity contribution in [2.75, 3.05) is 43.2 Å². The third-order valence-corrected chi connectivity index (χ3v) is 9.13. The molecule has 2 aliphatic heterocycles. The number of imidazole rings is 1. The Bertz CT molecular complexity index is 1620. The van der Waals surface area contributed by atoms with Crippen molar-refractivity contribution >= 4 is 50.7 Å². The Balaban J connectivity index is 1.21. The Morgan fingerprint density at radius 2 is 1.76 bits per heavy atom. The highest BCUT2D eigenvalue weighted by Crippen LogP contribution is 2.36. The standard InChI is InChI=1S/C31H33N5O5S/c1-34(30(39)21-5-3-2-4-6-21)22-7-8-24-23(19-22)33-28(36(24)14-11-27(32)38)20-25(37)26-9-10-29(42-26)35-15-12-31(13-16-35)40-17-18-41-31/h2-10,19H,11-18,20H2,1H3,(H2,32,38). The van der Waals surface area contributed by atoms with Crippen LogP contribution in [0.1, 0.15) is 45.1 Å². The predicted octanol–water partition coefficient (Wildman–Crippen LogP) is 4.02. The number of thiophene rings is 1. The van der Waals surface area contributed by atoms with Gasteiger partial charge >= 0.3 is 0 Å². The number of nitrogens with zero attached hydrogens (tertiary/aromatic N) is 4. The van der Waals surface area contributed by atoms with E-state index in [2.05, 4.69) is 4.90 Å². The molecular formula is C31H33N5O5S. The number of carbonyl (C=O) groups is 3. The van der Waals surface area contributed by atoms with Gasteiger partial charge in [-0.05, 0) is 42.5 Å². The molecule has 4 aromatic rings. The Morgan fingerprint density at radius 1 is 1.02 bits per heavy atom. The van der Waals surface area contributed by atoms with Crippen molar-refractivity contribution < 1.29 is 23.9 Å². The van der Waals surface area contributed by atoms with E-state index in [1.807, 2.05) is 53.1 Å². The van der Waals surface area contributed by atoms with Crippen molar-refractivity contribution in [2.24, 2.45) is 5.73 Å². The molecule has 1 spiro atoms. The van der Waals surface area contributed by atoms with Crippen molar-refractivity contribution in [1.82, 2.24) is 9.55 Å². The smallest absolute Gasteiger partial charge is 0.258 e. The number of Topliss-reactive ketones (excluding diaryl/α,β-unsaturated/α-hetero) is 1. The van der Waals surface area contributed by atoms with E-state index in [-0.39, 0.29) is 24.5 Å². The number of aryl methyl sites for hydroxylation is 1. The number of carbonyl (C=O) groups excluding carboxylic acids is 3. The topological polar surface area (TPSA) is 120 Å². The molecule has 0 unspecified atom stereocenters. The van der Waals surface area contributed by atoms with Gasteiger partial charge in [0.15, 0.2) is 11.6 Å². The number of rotatable bonds is 9. The van der Waals surface area contributed by atoms with E-state index in [1.165, 1.54) is 11.3 Å². The number of aromatic nitrogens is 2. The predicted molar refractivity (Wildman–Crippen MR) is 161 cm³/mol. The Labute approximate surface area is 247 Å². The van der Waals surface area contributed by atoms with Crippen LogP contribution in [-0.2, 0) is 27.2 Å². The summed E-state index contributed by atoms with van der Waals surface area (Å²) in [6, 6.07) is 18.5. The van der Waals surface area contributed by atoms with Gasteiger partial charge in [-0.3, -0.25) is 14.4 Å². The van der Waals surface area contributed by atoms with Gasteiger partial charge in [-0.25, -0.2) is 4.98 Å². The minimum atomic E-state index is -0.445. The average molecular weight is 588 g/mol. The van der Waals surface area contributed by atoms with Gasteiger partial charge in [0.25, 0.3) is 5.91 Å². The van der Waals surface area contributed by atoms with Gasteiger partial charge in [0.05, 0.1) is 40.5 Å². The molecule has 2 N–H and O–H groups in total. The number of ether oxygens (including phenoxy) is 2. The van der Waals surface area contributed by atoms with E-state index in [9.17, 15) is 14.4 Å². The first-order valence-electron chi connectivity index (χ1n) is 14.1. The maximum absolute atomic E-state index is 13.5. The van der Waals surface area contributed by atoms with E-state index in [4.69, 9.17) is 20.2 Å². The number of piperidine rings is 1. The van der Waals surface area contributed by atoms with Crippen LogP contribution in [0.25, 0.3) is 11.0 Å². The summed E-state index contributed by atoms with van der Waals surface area (Å²) in [4.78, 5) is 47.4. The van der Waals surface area contributed by atoms with Crippen molar-refractivity contribution in [3.63, 3.8) is 0 Å². The zero-order valence-corrected chi connectivity index (χ0v) is 24.3. The monoisotopic (exact) mass is 587 g/mol. The fourth-order valence-corrected chi connectivity index (χ4v) is 6.60. The summed E-state index contributed by atoms with van der Waals surface area (Å²) in [6.45, 7) is 3.21. The normalized spacial score (nSPS) is 16.3. The van der Waals surface area contributed by atoms with Crippen LogP contribution in [0.15, 0.2) is 60.7 Å². The molecule has 0 radical (unpaired) electrons. The zero-order valence-electron chi connectivity index (χ0n) is 23.5. The van der Waals surface area contributed by atoms with Crippen LogP contribution in [0.5, 0.6) is 0 Å². The maximum Gasteiger partial charge on any atom is 0.258 e. The number of amides is 2. The first-order chi connectivity index (χ1) is 20.3. The number of hydrogen-bond acceptors (Lipinski definition) is 8. The molecule has 0 atom stereocenters. The highest BCUT2D eigenvalue weighted by atomic mass is 32.1. The van der Waals surface area contributed by atoms with Gasteiger partial charge in [-0.1, -0.05) is 18.2 Å². The molecule has 2 amide bonds. The van der Waals surface area contributed by atoms with Crippen LogP contribution >= 0.6 is 11.3 Å². The lowest BCUT2D eigenvalue weighted by Crippen LogP contribution is -2.44. The van der Waals surface area contributed by atoms with Gasteiger partial charge in [-0.2, -0.15) is 0 Å². The summed E-state index contributed by atoms with van der Waals surface area (Å²) in [5.41, 5.74) is 8.12. The van der Waals surface area contributed by atoms with E-state index in [0.717, 1.165) is 36.4 Å². The summed E-state index contributed by atoms with van der Waals surface area (Å²) in [7, 11) is 1.72. The van der Waals surface area contributed by atoms with Crippen LogP contribution in [0.4, 0.5) is 10.7 Å². The van der Waals surface area contributed by atoms with Crippen LogP contribution < -0.4 is 15.5 Å². The van der Waals surface area contributed by atoms with E-state index < -0.39 is 11.7 Å². The van der Waals surface area contributed by atoms with Gasteiger partial charge in [0, 0.05) is 57.2 Å². The van der Waals surface area contributed by atoms with Gasteiger partial charge in [0.1, 0.15) is 5.82 Å². The fourth-order valence-electron chi connectivity index (χ4n) is 5.61. The molecule has 0 bridgehead atoms. The Kier molecular flexibility index (Phi) is 7.80. The minimum Gasteiger partial charge on any atom is -0.370 e. The molecule has 2 aromatic carbocycles. The minimum absolute atomic E-state index is 0.0468. The molecule has 11 heteroatoms. The van der Waals surface area contributed by atoms with Gasteiger partial charge in [-0.15, -0.1) is 11.3 Å². The molecule has 0 saturated carbocycles. The lowest BCUT2D eigenvalue weighted by Gasteiger charge is -2.38. The molecular weight excluding hydrogens is 554 g/mol. The van der Waals surface area contributed by atoms with Gasteiger partial charge in [0.2, 0.25) is 5.91 Å². The Morgan fingerprint density at radius 3 is 2.48 bits per heavy atom. The lowest BCUT2D eigenvalue weighted by atomic mass is 10.0. The molecule has 2 aliphatic rings. The number of benzene rings is 2. The average Bonchev–Trinajstić information content (AvgIpc) is 3.75. The SMILES string of the molecule is CN(C(=O)c1ccccc1)c1ccc2c(c1)nc(CC(=O)c1ccc(N3CCC4(CC3)OCCO4)s1)n2CCC(N)=O. The van der Waals surface area contributed by atoms with Crippen LogP contribution in [0, 0.1) is 0 Å². The third kappa shape index (κ3) is 5.67. The zero-order chi connectivity index (χ0) is 29.3. The Hall–Kier alpha value is -4.06. The number of anilines is 2. The van der Waals surface area contributed by atoms with Crippen molar-refractivity contribution in [1.29, 1.82) is 0 Å². The van der Waals surface area contributed by atoms with E-state index in [0.29, 0.717) is 47.2 Å². The highest BCUT2D eigenvalue weighted by molar-refractivity contribution is 7.18. The first kappa shape index (κ1) is 28.1. The number of primary amides is 1. The largest absolute Gasteiger partial charge is 0.370 e. The summed E-state index contributed by atoms with van der Waals surface area (Å²) in [5.74, 6) is -0.511. The van der Waals surface area contributed by atoms with Crippen LogP contribution in [0.2, 0.25) is 0 Å². The molecule has 2 aromatic heterocycles. The number of ketones is 1. The second-order valence-electron chi connectivity index (χ2n) is 10.6. The highest BCUT2D eigenvalue weighted by Gasteiger charge is 2.40. The number of hydrogen-bond donors (Lipinski definition) is 1. The fraction of sp³-hybridized carbons (Fsp3) is 0.355. The molecule has 4 heterocycles. The molecule has 218 valence electrons. The number of fused-ring (bicyclic) bond motifs is 1. The maximum atomic E-state index is 13.5.